The van der Waals surface area contributed by atoms with E-state index in [1.165, 1.54) is 0 Å². The lowest BCUT2D eigenvalue weighted by Gasteiger charge is -2.26. The van der Waals surface area contributed by atoms with Gasteiger partial charge in [0.05, 0.1) is 37.0 Å². The Morgan fingerprint density at radius 3 is 3.19 bits per heavy atom. The van der Waals surface area contributed by atoms with Gasteiger partial charge in [-0.05, 0) is 25.8 Å². The molecule has 2 aliphatic rings. The van der Waals surface area contributed by atoms with Crippen LogP contribution in [0, 0.1) is 6.92 Å². The summed E-state index contributed by atoms with van der Waals surface area (Å²) < 4.78 is 7.04. The summed E-state index contributed by atoms with van der Waals surface area (Å²) in [5.41, 5.74) is 4.80. The molecule has 3 aromatic rings. The monoisotopic (exact) mass is 366 g/mol. The molecule has 2 aliphatic heterocycles. The molecule has 1 saturated heterocycles. The zero-order valence-electron chi connectivity index (χ0n) is 15.3. The molecule has 8 nitrogen and oxygen atoms in total. The predicted octanol–water partition coefficient (Wildman–Crippen LogP) is 1.56. The van der Waals surface area contributed by atoms with Crippen LogP contribution in [0.3, 0.4) is 0 Å². The number of ether oxygens (including phenoxy) is 1. The molecule has 140 valence electrons. The van der Waals surface area contributed by atoms with E-state index in [4.69, 9.17) is 4.74 Å². The average Bonchev–Trinajstić information content (AvgIpc) is 3.27. The minimum absolute atomic E-state index is 0.0605. The van der Waals surface area contributed by atoms with Crippen molar-refractivity contribution in [3.63, 3.8) is 0 Å². The Morgan fingerprint density at radius 2 is 2.26 bits per heavy atom. The second-order valence-corrected chi connectivity index (χ2v) is 7.34. The minimum atomic E-state index is -0.0605. The molecule has 1 atom stereocenters. The molecule has 1 unspecified atom stereocenters. The number of aryl methyl sites for hydroxylation is 1. The fourth-order valence-electron chi connectivity index (χ4n) is 4.16. The number of rotatable bonds is 3. The Kier molecular flexibility index (Phi) is 3.93. The highest BCUT2D eigenvalue weighted by Crippen LogP contribution is 2.29. The first-order chi connectivity index (χ1) is 13.2. The average molecular weight is 366 g/mol. The van der Waals surface area contributed by atoms with Gasteiger partial charge in [0, 0.05) is 30.3 Å². The Bertz CT molecular complexity index is 1060. The largest absolute Gasteiger partial charge is 0.376 e. The van der Waals surface area contributed by atoms with Crippen LogP contribution < -0.4 is 10.5 Å². The highest BCUT2D eigenvalue weighted by Gasteiger charge is 2.29. The van der Waals surface area contributed by atoms with E-state index in [-0.39, 0.29) is 11.6 Å². The van der Waals surface area contributed by atoms with Crippen molar-refractivity contribution < 1.29 is 4.74 Å². The van der Waals surface area contributed by atoms with Crippen molar-refractivity contribution in [2.45, 2.75) is 45.4 Å². The van der Waals surface area contributed by atoms with Crippen LogP contribution in [-0.2, 0) is 24.3 Å². The first kappa shape index (κ1) is 16.4. The summed E-state index contributed by atoms with van der Waals surface area (Å²) in [5.74, 6) is 0.912. The number of nitrogens with one attached hydrogen (secondary N) is 1. The molecule has 0 amide bonds. The van der Waals surface area contributed by atoms with E-state index in [1.807, 2.05) is 13.0 Å². The number of hydrogen-bond acceptors (Lipinski definition) is 6. The maximum absolute atomic E-state index is 12.5. The number of aromatic amines is 1. The van der Waals surface area contributed by atoms with Crippen LogP contribution in [0.15, 0.2) is 23.3 Å². The number of H-pyrrole nitrogens is 1. The van der Waals surface area contributed by atoms with E-state index < -0.39 is 0 Å². The number of fused-ring (bicyclic) bond motifs is 2. The molecule has 0 radical (unpaired) electrons. The van der Waals surface area contributed by atoms with Crippen molar-refractivity contribution in [1.82, 2.24) is 24.7 Å². The molecule has 0 aliphatic carbocycles. The predicted molar refractivity (Wildman–Crippen MR) is 101 cm³/mol. The number of hydrogen-bond donors (Lipinski definition) is 1. The molecular formula is C19H22N6O2. The Hall–Kier alpha value is -2.74. The van der Waals surface area contributed by atoms with E-state index in [0.29, 0.717) is 19.8 Å². The van der Waals surface area contributed by atoms with Gasteiger partial charge in [-0.2, -0.15) is 5.10 Å². The van der Waals surface area contributed by atoms with Gasteiger partial charge < -0.3 is 14.6 Å². The topological polar surface area (TPSA) is 88.9 Å². The molecule has 3 aromatic heterocycles. The minimum Gasteiger partial charge on any atom is -0.376 e. The summed E-state index contributed by atoms with van der Waals surface area (Å²) in [5, 5.41) is 4.63. The fraction of sp³-hybridized carbons (Fsp3) is 0.474. The molecular weight excluding hydrogens is 344 g/mol. The smallest absolute Gasteiger partial charge is 0.267 e. The van der Waals surface area contributed by atoms with Crippen LogP contribution in [0.4, 0.5) is 5.82 Å². The SMILES string of the molecule is Cc1cc2ncnc(N3CCCC3Cn3nc4c(cc3=O)COCC4)c2[nH]1. The molecule has 0 saturated carbocycles. The van der Waals surface area contributed by atoms with Gasteiger partial charge >= 0.3 is 0 Å². The van der Waals surface area contributed by atoms with Crippen LogP contribution in [0.1, 0.15) is 29.8 Å². The Labute approximate surface area is 156 Å². The quantitative estimate of drug-likeness (QED) is 0.757. The van der Waals surface area contributed by atoms with Crippen molar-refractivity contribution in [3.05, 3.63) is 45.8 Å². The Balaban J connectivity index is 1.47. The van der Waals surface area contributed by atoms with Gasteiger partial charge in [0.1, 0.15) is 11.8 Å². The highest BCUT2D eigenvalue weighted by atomic mass is 16.5. The third-order valence-electron chi connectivity index (χ3n) is 5.47. The van der Waals surface area contributed by atoms with Gasteiger partial charge in [-0.25, -0.2) is 14.6 Å². The third kappa shape index (κ3) is 2.90. The molecule has 0 spiro atoms. The summed E-state index contributed by atoms with van der Waals surface area (Å²) in [4.78, 5) is 27.1. The zero-order chi connectivity index (χ0) is 18.4. The summed E-state index contributed by atoms with van der Waals surface area (Å²) in [6, 6.07) is 3.90. The second-order valence-electron chi connectivity index (χ2n) is 7.34. The lowest BCUT2D eigenvalue weighted by atomic mass is 10.1. The van der Waals surface area contributed by atoms with Crippen molar-refractivity contribution in [3.8, 4) is 0 Å². The maximum atomic E-state index is 12.5. The summed E-state index contributed by atoms with van der Waals surface area (Å²) in [6.45, 7) is 4.66. The second kappa shape index (κ2) is 6.45. The van der Waals surface area contributed by atoms with Gasteiger partial charge in [0.15, 0.2) is 5.82 Å². The molecule has 5 rings (SSSR count). The lowest BCUT2D eigenvalue weighted by Crippen LogP contribution is -2.38. The van der Waals surface area contributed by atoms with Gasteiger partial charge in [-0.1, -0.05) is 0 Å². The fourth-order valence-corrected chi connectivity index (χ4v) is 4.16. The van der Waals surface area contributed by atoms with Crippen molar-refractivity contribution in [2.24, 2.45) is 0 Å². The lowest BCUT2D eigenvalue weighted by molar-refractivity contribution is 0.108. The summed E-state index contributed by atoms with van der Waals surface area (Å²) in [7, 11) is 0. The van der Waals surface area contributed by atoms with E-state index in [2.05, 4.69) is 25.0 Å². The van der Waals surface area contributed by atoms with E-state index in [1.54, 1.807) is 17.1 Å². The number of nitrogens with zero attached hydrogens (tertiary/aromatic N) is 5. The molecule has 1 fully saturated rings. The van der Waals surface area contributed by atoms with Crippen LogP contribution >= 0.6 is 0 Å². The van der Waals surface area contributed by atoms with Crippen LogP contribution in [0.2, 0.25) is 0 Å². The highest BCUT2D eigenvalue weighted by molar-refractivity contribution is 5.87. The molecule has 27 heavy (non-hydrogen) atoms. The van der Waals surface area contributed by atoms with Crippen molar-refractivity contribution >= 4 is 16.9 Å². The van der Waals surface area contributed by atoms with E-state index >= 15 is 0 Å². The van der Waals surface area contributed by atoms with Gasteiger partial charge in [-0.3, -0.25) is 4.79 Å². The van der Waals surface area contributed by atoms with Crippen LogP contribution in [0.5, 0.6) is 0 Å². The van der Waals surface area contributed by atoms with Crippen molar-refractivity contribution in [1.29, 1.82) is 0 Å². The molecule has 0 bridgehead atoms. The molecule has 8 heteroatoms. The van der Waals surface area contributed by atoms with Crippen LogP contribution in [0.25, 0.3) is 11.0 Å². The zero-order valence-corrected chi connectivity index (χ0v) is 15.3. The maximum Gasteiger partial charge on any atom is 0.267 e. The normalized spacial score (nSPS) is 19.6. The van der Waals surface area contributed by atoms with Crippen molar-refractivity contribution in [2.75, 3.05) is 18.1 Å². The van der Waals surface area contributed by atoms with Gasteiger partial charge in [0.25, 0.3) is 5.56 Å². The molecule has 0 aromatic carbocycles. The third-order valence-corrected chi connectivity index (χ3v) is 5.47. The van der Waals surface area contributed by atoms with E-state index in [0.717, 1.165) is 59.6 Å². The molecule has 1 N–H and O–H groups in total. The number of aromatic nitrogens is 5. The number of anilines is 1. The first-order valence-electron chi connectivity index (χ1n) is 9.43. The summed E-state index contributed by atoms with van der Waals surface area (Å²) in [6.07, 6.45) is 4.46. The Morgan fingerprint density at radius 1 is 1.33 bits per heavy atom. The van der Waals surface area contributed by atoms with Gasteiger partial charge in [-0.15, -0.1) is 0 Å². The first-order valence-corrected chi connectivity index (χ1v) is 9.43. The van der Waals surface area contributed by atoms with Gasteiger partial charge in [0.2, 0.25) is 0 Å². The summed E-state index contributed by atoms with van der Waals surface area (Å²) >= 11 is 0. The standard InChI is InChI=1S/C19H22N6O2/c1-12-7-16-18(22-12)19(21-11-20-16)24-5-2-3-14(24)9-25-17(26)8-13-10-27-6-4-15(13)23-25/h7-8,11,14,22H,2-6,9-10H2,1H3. The molecule has 5 heterocycles. The van der Waals surface area contributed by atoms with E-state index in [9.17, 15) is 4.79 Å². The van der Waals surface area contributed by atoms with Crippen LogP contribution in [-0.4, -0.2) is 43.9 Å².